The van der Waals surface area contributed by atoms with Gasteiger partial charge in [0.25, 0.3) is 0 Å². The van der Waals surface area contributed by atoms with Gasteiger partial charge in [-0.3, -0.25) is 0 Å². The van der Waals surface area contributed by atoms with E-state index in [-0.39, 0.29) is 0 Å². The monoisotopic (exact) mass is 1090 g/mol. The summed E-state index contributed by atoms with van der Waals surface area (Å²) in [4.78, 5) is 4.47. The topological polar surface area (TPSA) is 0 Å². The van der Waals surface area contributed by atoms with Crippen molar-refractivity contribution < 1.29 is 106 Å². The normalized spacial score (nSPS) is 10.1. The summed E-state index contributed by atoms with van der Waals surface area (Å²) in [7, 11) is 0. The molecule has 5 heteroatoms. The molecule has 0 nitrogen and oxygen atoms in total. The molecule has 0 amide bonds. The standard InChI is InChI=1S/3C8H18I.C6H14I.C2H6I/c3*1-3-5-7-9-8-6-4-2;1-3-5-7-6-4-2;1-3-2/h3*3-8H2,1-2H3;3-6H2,1-2H3;1-2H3/q5*-1. The molecule has 0 radical (unpaired) electrons. The molecule has 0 aromatic heterocycles. The van der Waals surface area contributed by atoms with E-state index >= 15 is 0 Å². The zero-order chi connectivity index (χ0) is 29.1. The van der Waals surface area contributed by atoms with Crippen molar-refractivity contribution in [3.63, 3.8) is 0 Å². The number of hydrogen-bond donors (Lipinski definition) is 0. The van der Waals surface area contributed by atoms with Gasteiger partial charge in [-0.25, -0.2) is 0 Å². The van der Waals surface area contributed by atoms with E-state index in [4.69, 9.17) is 0 Å². The number of unbranched alkanes of at least 4 members (excludes halogenated alkanes) is 6. The van der Waals surface area contributed by atoms with Crippen LogP contribution in [-0.4, -0.2) is 45.3 Å². The van der Waals surface area contributed by atoms with E-state index < -0.39 is 0 Å². The van der Waals surface area contributed by atoms with Crippen LogP contribution in [0.15, 0.2) is 0 Å². The van der Waals surface area contributed by atoms with Gasteiger partial charge in [-0.2, -0.15) is 0 Å². The fourth-order valence-corrected chi connectivity index (χ4v) is 13.5. The van der Waals surface area contributed by atoms with Crippen LogP contribution < -0.4 is 106 Å². The molecule has 0 saturated carbocycles. The molecule has 37 heavy (non-hydrogen) atoms. The molecule has 0 spiro atoms. The summed E-state index contributed by atoms with van der Waals surface area (Å²) in [6.45, 7) is 18.2. The van der Waals surface area contributed by atoms with Crippen molar-refractivity contribution in [3.05, 3.63) is 0 Å². The molecule has 0 atom stereocenters. The first kappa shape index (κ1) is 50.3. The van der Waals surface area contributed by atoms with E-state index in [1.54, 1.807) is 26.6 Å². The molecule has 0 fully saturated rings. The Morgan fingerprint density at radius 3 is 0.568 bits per heavy atom. The zero-order valence-electron chi connectivity index (χ0n) is 27.4. The summed E-state index contributed by atoms with van der Waals surface area (Å²) < 4.78 is 12.5. The Hall–Kier alpha value is 3.65. The van der Waals surface area contributed by atoms with Crippen molar-refractivity contribution in [1.82, 2.24) is 0 Å². The number of hydrogen-bond acceptors (Lipinski definition) is 0. The Kier molecular flexibility index (Phi) is 85.7. The molecule has 0 aliphatic carbocycles. The minimum atomic E-state index is 0.590. The average Bonchev–Trinajstić information content (AvgIpc) is 2.91. The van der Waals surface area contributed by atoms with Gasteiger partial charge in [0.05, 0.1) is 0 Å². The van der Waals surface area contributed by atoms with Gasteiger partial charge in [0.1, 0.15) is 0 Å². The minimum absolute atomic E-state index is 0.590. The third kappa shape index (κ3) is 85.4. The number of alkyl halides is 10. The van der Waals surface area contributed by atoms with Crippen molar-refractivity contribution >= 4 is 0 Å². The SMILES string of the molecule is CCCC[I-]CCCC.CCCC[I-]CCCC.CCCC[I-]CCCC.CCC[I-]CCC.C[I-]C. The molecule has 0 unspecified atom stereocenters. The number of halogens is 5. The molecule has 0 bridgehead atoms. The molecule has 0 aliphatic rings. The van der Waals surface area contributed by atoms with Gasteiger partial charge >= 0.3 is 297 Å². The van der Waals surface area contributed by atoms with Crippen LogP contribution >= 0.6 is 0 Å². The Labute approximate surface area is 292 Å². The molecule has 0 aromatic rings. The fourth-order valence-electron chi connectivity index (χ4n) is 2.01. The van der Waals surface area contributed by atoms with Crippen LogP contribution in [0.4, 0.5) is 0 Å². The van der Waals surface area contributed by atoms with Crippen LogP contribution in [0.2, 0.25) is 0 Å². The van der Waals surface area contributed by atoms with Gasteiger partial charge in [0.2, 0.25) is 0 Å². The summed E-state index contributed by atoms with van der Waals surface area (Å²) in [5, 5.41) is 0. The third-order valence-corrected chi connectivity index (χ3v) is 17.2. The molecule has 242 valence electrons. The maximum absolute atomic E-state index is 2.28. The van der Waals surface area contributed by atoms with Gasteiger partial charge in [0.15, 0.2) is 0 Å². The van der Waals surface area contributed by atoms with E-state index in [1.807, 2.05) is 0 Å². The van der Waals surface area contributed by atoms with Crippen LogP contribution in [0.1, 0.15) is 145 Å². The second-order valence-electron chi connectivity index (χ2n) is 8.77. The van der Waals surface area contributed by atoms with Gasteiger partial charge < -0.3 is 0 Å². The predicted molar refractivity (Wildman–Crippen MR) is 161 cm³/mol. The van der Waals surface area contributed by atoms with Gasteiger partial charge in [-0.15, -0.1) is 0 Å². The van der Waals surface area contributed by atoms with Crippen molar-refractivity contribution in [2.75, 3.05) is 45.3 Å². The summed E-state index contributed by atoms with van der Waals surface area (Å²) in [5.74, 6) is 0. The van der Waals surface area contributed by atoms with E-state index in [1.165, 1.54) is 98.7 Å². The Balaban J connectivity index is -0.000000119. The predicted octanol–water partition coefficient (Wildman–Crippen LogP) is -4.74. The quantitative estimate of drug-likeness (QED) is 0.0582. The van der Waals surface area contributed by atoms with Crippen molar-refractivity contribution in [1.29, 1.82) is 0 Å². The van der Waals surface area contributed by atoms with Crippen LogP contribution in [-0.2, 0) is 0 Å². The molecule has 0 heterocycles. The summed E-state index contributed by atoms with van der Waals surface area (Å²) >= 11 is 3.05. The van der Waals surface area contributed by atoms with Gasteiger partial charge in [-0.1, -0.05) is 0 Å². The van der Waals surface area contributed by atoms with Crippen molar-refractivity contribution in [2.24, 2.45) is 0 Å². The van der Waals surface area contributed by atoms with Crippen LogP contribution in [0.5, 0.6) is 0 Å². The molecular formula is C32H74I5-5. The summed E-state index contributed by atoms with van der Waals surface area (Å²) in [6, 6.07) is 0. The van der Waals surface area contributed by atoms with Crippen molar-refractivity contribution in [2.45, 2.75) is 145 Å². The van der Waals surface area contributed by atoms with E-state index in [2.05, 4.69) is 65.3 Å². The van der Waals surface area contributed by atoms with E-state index in [0.29, 0.717) is 106 Å². The maximum atomic E-state index is 2.28. The third-order valence-electron chi connectivity index (χ3n) is 4.37. The average molecular weight is 1090 g/mol. The molecule has 0 aliphatic heterocycles. The molecule has 0 aromatic carbocycles. The summed E-state index contributed by atoms with van der Waals surface area (Å²) in [5.41, 5.74) is 0. The first-order valence-electron chi connectivity index (χ1n) is 15.6. The summed E-state index contributed by atoms with van der Waals surface area (Å²) in [6.07, 6.45) is 20.1. The van der Waals surface area contributed by atoms with Crippen LogP contribution in [0.3, 0.4) is 0 Å². The molecular weight excluding hydrogens is 1020 g/mol. The Morgan fingerprint density at radius 1 is 0.270 bits per heavy atom. The Bertz CT molecular complexity index is 223. The molecule has 0 rings (SSSR count). The molecule has 0 N–H and O–H groups in total. The first-order chi connectivity index (χ1) is 18.1. The number of rotatable bonds is 22. The van der Waals surface area contributed by atoms with Gasteiger partial charge in [-0.05, 0) is 0 Å². The second kappa shape index (κ2) is 63.0. The first-order valence-corrected chi connectivity index (χ1v) is 32.1. The van der Waals surface area contributed by atoms with Crippen LogP contribution in [0.25, 0.3) is 0 Å². The Morgan fingerprint density at radius 2 is 0.432 bits per heavy atom. The van der Waals surface area contributed by atoms with Crippen LogP contribution in [0, 0.1) is 0 Å². The van der Waals surface area contributed by atoms with Crippen molar-refractivity contribution in [3.8, 4) is 0 Å². The fraction of sp³-hybridized carbons (Fsp3) is 1.00. The van der Waals surface area contributed by atoms with E-state index in [0.717, 1.165) is 0 Å². The van der Waals surface area contributed by atoms with Gasteiger partial charge in [0, 0.05) is 0 Å². The zero-order valence-corrected chi connectivity index (χ0v) is 38.2. The second-order valence-corrected chi connectivity index (χ2v) is 23.9. The molecule has 0 saturated heterocycles. The van der Waals surface area contributed by atoms with E-state index in [9.17, 15) is 0 Å².